The predicted octanol–water partition coefficient (Wildman–Crippen LogP) is 3.19. The van der Waals surface area contributed by atoms with Crippen molar-refractivity contribution >= 4 is 11.8 Å². The van der Waals surface area contributed by atoms with Gasteiger partial charge < -0.3 is 20.1 Å². The van der Waals surface area contributed by atoms with Crippen molar-refractivity contribution < 1.29 is 23.5 Å². The van der Waals surface area contributed by atoms with E-state index < -0.39 is 6.04 Å². The summed E-state index contributed by atoms with van der Waals surface area (Å²) in [6, 6.07) is 12.0. The van der Waals surface area contributed by atoms with E-state index in [4.69, 9.17) is 9.47 Å². The molecular formula is C25H32FN3O4. The van der Waals surface area contributed by atoms with E-state index in [1.807, 2.05) is 30.3 Å². The highest BCUT2D eigenvalue weighted by atomic mass is 19.1. The molecule has 2 aromatic rings. The zero-order valence-corrected chi connectivity index (χ0v) is 19.4. The number of amides is 2. The Labute approximate surface area is 194 Å². The Kier molecular flexibility index (Phi) is 8.65. The van der Waals surface area contributed by atoms with Crippen molar-refractivity contribution in [2.24, 2.45) is 0 Å². The second-order valence-corrected chi connectivity index (χ2v) is 8.32. The first-order valence-electron chi connectivity index (χ1n) is 11.1. The standard InChI is InChI=1S/C25H32FN3O4/c1-17(30)27-23(19-5-7-21(32-2)8-6-19)15-25(31)28-20-10-12-29(13-11-20)16-18-4-9-24(33-3)22(26)14-18/h4-9,14,20,23H,10-13,15-16H2,1-3H3,(H,27,30)(H,28,31). The van der Waals surface area contributed by atoms with Crippen LogP contribution in [0.1, 0.15) is 43.4 Å². The van der Waals surface area contributed by atoms with Gasteiger partial charge in [-0.3, -0.25) is 14.5 Å². The highest BCUT2D eigenvalue weighted by Crippen LogP contribution is 2.22. The SMILES string of the molecule is COc1ccc(C(CC(=O)NC2CCN(Cc3ccc(OC)c(F)c3)CC2)NC(C)=O)cc1. The molecule has 0 radical (unpaired) electrons. The number of carbonyl (C=O) groups excluding carboxylic acids is 2. The lowest BCUT2D eigenvalue weighted by Crippen LogP contribution is -2.45. The number of likely N-dealkylation sites (tertiary alicyclic amines) is 1. The van der Waals surface area contributed by atoms with E-state index in [1.54, 1.807) is 13.2 Å². The Morgan fingerprint density at radius 2 is 1.79 bits per heavy atom. The van der Waals surface area contributed by atoms with Crippen molar-refractivity contribution in [2.45, 2.75) is 44.8 Å². The Bertz CT molecular complexity index is 943. The predicted molar refractivity (Wildman–Crippen MR) is 124 cm³/mol. The number of benzene rings is 2. The molecule has 33 heavy (non-hydrogen) atoms. The van der Waals surface area contributed by atoms with Crippen molar-refractivity contribution in [3.63, 3.8) is 0 Å². The first-order valence-corrected chi connectivity index (χ1v) is 11.1. The van der Waals surface area contributed by atoms with Crippen LogP contribution in [0.15, 0.2) is 42.5 Å². The molecule has 1 aliphatic rings. The molecule has 1 heterocycles. The molecule has 2 amide bonds. The monoisotopic (exact) mass is 457 g/mol. The van der Waals surface area contributed by atoms with Gasteiger partial charge in [0.1, 0.15) is 5.75 Å². The normalized spacial score (nSPS) is 15.5. The third-order valence-electron chi connectivity index (χ3n) is 5.86. The van der Waals surface area contributed by atoms with Crippen molar-refractivity contribution in [3.8, 4) is 11.5 Å². The summed E-state index contributed by atoms with van der Waals surface area (Å²) in [5.74, 6) is 0.316. The Morgan fingerprint density at radius 1 is 1.09 bits per heavy atom. The van der Waals surface area contributed by atoms with Gasteiger partial charge in [0.15, 0.2) is 11.6 Å². The molecule has 0 aliphatic carbocycles. The molecule has 0 aromatic heterocycles. The van der Waals surface area contributed by atoms with Crippen LogP contribution < -0.4 is 20.1 Å². The van der Waals surface area contributed by atoms with Crippen LogP contribution in [-0.2, 0) is 16.1 Å². The summed E-state index contributed by atoms with van der Waals surface area (Å²) in [6.07, 6.45) is 1.80. The van der Waals surface area contributed by atoms with E-state index in [9.17, 15) is 14.0 Å². The van der Waals surface area contributed by atoms with Gasteiger partial charge in [-0.15, -0.1) is 0 Å². The van der Waals surface area contributed by atoms with Gasteiger partial charge in [-0.25, -0.2) is 4.39 Å². The highest BCUT2D eigenvalue weighted by molar-refractivity contribution is 5.79. The van der Waals surface area contributed by atoms with Crippen LogP contribution in [0.25, 0.3) is 0 Å². The van der Waals surface area contributed by atoms with E-state index in [0.717, 1.165) is 37.1 Å². The van der Waals surface area contributed by atoms with Gasteiger partial charge in [-0.2, -0.15) is 0 Å². The zero-order valence-electron chi connectivity index (χ0n) is 19.4. The lowest BCUT2D eigenvalue weighted by atomic mass is 10.0. The third-order valence-corrected chi connectivity index (χ3v) is 5.86. The van der Waals surface area contributed by atoms with Crippen LogP contribution in [0, 0.1) is 5.82 Å². The highest BCUT2D eigenvalue weighted by Gasteiger charge is 2.23. The molecule has 8 heteroatoms. The van der Waals surface area contributed by atoms with Crippen molar-refractivity contribution in [1.29, 1.82) is 0 Å². The molecular weight excluding hydrogens is 425 g/mol. The second kappa shape index (κ2) is 11.7. The summed E-state index contributed by atoms with van der Waals surface area (Å²) < 4.78 is 24.1. The number of rotatable bonds is 9. The Balaban J connectivity index is 1.49. The molecule has 178 valence electrons. The van der Waals surface area contributed by atoms with Gasteiger partial charge in [0.2, 0.25) is 11.8 Å². The number of hydrogen-bond acceptors (Lipinski definition) is 5. The third kappa shape index (κ3) is 7.18. The van der Waals surface area contributed by atoms with Crippen LogP contribution >= 0.6 is 0 Å². The fourth-order valence-electron chi connectivity index (χ4n) is 4.11. The zero-order chi connectivity index (χ0) is 23.8. The molecule has 1 fully saturated rings. The maximum atomic E-state index is 13.9. The van der Waals surface area contributed by atoms with Gasteiger partial charge in [0, 0.05) is 32.6 Å². The van der Waals surface area contributed by atoms with Gasteiger partial charge in [-0.1, -0.05) is 18.2 Å². The molecule has 0 bridgehead atoms. The molecule has 1 unspecified atom stereocenters. The second-order valence-electron chi connectivity index (χ2n) is 8.32. The fourth-order valence-corrected chi connectivity index (χ4v) is 4.11. The number of methoxy groups -OCH3 is 2. The van der Waals surface area contributed by atoms with E-state index in [2.05, 4.69) is 15.5 Å². The van der Waals surface area contributed by atoms with Crippen molar-refractivity contribution in [2.75, 3.05) is 27.3 Å². The van der Waals surface area contributed by atoms with Crippen molar-refractivity contribution in [3.05, 3.63) is 59.4 Å². The Hall–Kier alpha value is -3.13. The summed E-state index contributed by atoms with van der Waals surface area (Å²) in [4.78, 5) is 26.6. The minimum atomic E-state index is -0.404. The van der Waals surface area contributed by atoms with Crippen LogP contribution in [0.3, 0.4) is 0 Å². The minimum absolute atomic E-state index is 0.0789. The van der Waals surface area contributed by atoms with Gasteiger partial charge >= 0.3 is 0 Å². The first kappa shape index (κ1) is 24.5. The molecule has 1 atom stereocenters. The number of hydrogen-bond donors (Lipinski definition) is 2. The fraction of sp³-hybridized carbons (Fsp3) is 0.440. The summed E-state index contributed by atoms with van der Waals surface area (Å²) in [6.45, 7) is 3.72. The molecule has 2 aromatic carbocycles. The number of nitrogens with zero attached hydrogens (tertiary/aromatic N) is 1. The molecule has 3 rings (SSSR count). The van der Waals surface area contributed by atoms with Crippen molar-refractivity contribution in [1.82, 2.24) is 15.5 Å². The van der Waals surface area contributed by atoms with E-state index in [0.29, 0.717) is 12.3 Å². The number of halogens is 1. The largest absolute Gasteiger partial charge is 0.497 e. The molecule has 7 nitrogen and oxygen atoms in total. The van der Waals surface area contributed by atoms with Gasteiger partial charge in [0.05, 0.1) is 26.7 Å². The summed E-state index contributed by atoms with van der Waals surface area (Å²) in [7, 11) is 3.04. The summed E-state index contributed by atoms with van der Waals surface area (Å²) in [5, 5.41) is 5.97. The van der Waals surface area contributed by atoms with E-state index >= 15 is 0 Å². The summed E-state index contributed by atoms with van der Waals surface area (Å²) in [5.41, 5.74) is 1.75. The van der Waals surface area contributed by atoms with E-state index in [1.165, 1.54) is 20.1 Å². The minimum Gasteiger partial charge on any atom is -0.497 e. The Morgan fingerprint density at radius 3 is 2.36 bits per heavy atom. The van der Waals surface area contributed by atoms with Gasteiger partial charge in [-0.05, 0) is 48.2 Å². The first-order chi connectivity index (χ1) is 15.9. The molecule has 0 saturated carbocycles. The van der Waals surface area contributed by atoms with Crippen LogP contribution in [0.5, 0.6) is 11.5 Å². The average Bonchev–Trinajstić information content (AvgIpc) is 2.80. The lowest BCUT2D eigenvalue weighted by Gasteiger charge is -2.32. The summed E-state index contributed by atoms with van der Waals surface area (Å²) >= 11 is 0. The molecule has 2 N–H and O–H groups in total. The number of piperidine rings is 1. The average molecular weight is 458 g/mol. The maximum absolute atomic E-state index is 13.9. The topological polar surface area (TPSA) is 79.9 Å². The maximum Gasteiger partial charge on any atom is 0.222 e. The molecule has 1 aliphatic heterocycles. The van der Waals surface area contributed by atoms with Crippen LogP contribution in [-0.4, -0.2) is 50.1 Å². The van der Waals surface area contributed by atoms with Crippen LogP contribution in [0.2, 0.25) is 0 Å². The quantitative estimate of drug-likeness (QED) is 0.605. The number of ether oxygens (including phenoxy) is 2. The smallest absolute Gasteiger partial charge is 0.222 e. The lowest BCUT2D eigenvalue weighted by molar-refractivity contribution is -0.123. The number of nitrogens with one attached hydrogen (secondary N) is 2. The molecule has 0 spiro atoms. The van der Waals surface area contributed by atoms with Gasteiger partial charge in [0.25, 0.3) is 0 Å². The molecule has 1 saturated heterocycles. The van der Waals surface area contributed by atoms with E-state index in [-0.39, 0.29) is 35.8 Å². The number of carbonyl (C=O) groups is 2. The van der Waals surface area contributed by atoms with Crippen LogP contribution in [0.4, 0.5) is 4.39 Å².